The largest absolute Gasteiger partial charge is 0.497 e. The second-order valence-electron chi connectivity index (χ2n) is 5.85. The van der Waals surface area contributed by atoms with E-state index in [0.29, 0.717) is 30.1 Å². The van der Waals surface area contributed by atoms with Gasteiger partial charge in [-0.1, -0.05) is 23.7 Å². The summed E-state index contributed by atoms with van der Waals surface area (Å²) in [6, 6.07) is 14.9. The maximum absolute atomic E-state index is 5.89. The number of ether oxygens (including phenoxy) is 2. The van der Waals surface area contributed by atoms with Crippen LogP contribution in [-0.4, -0.2) is 32.2 Å². The van der Waals surface area contributed by atoms with Gasteiger partial charge in [0.25, 0.3) is 0 Å². The molecule has 150 valence electrons. The van der Waals surface area contributed by atoms with Gasteiger partial charge in [-0.15, -0.1) is 12.4 Å². The summed E-state index contributed by atoms with van der Waals surface area (Å²) in [5.41, 5.74) is 6.86. The second-order valence-corrected chi connectivity index (χ2v) is 6.28. The number of methoxy groups -OCH3 is 1. The molecule has 0 amide bonds. The standard InChI is InChI=1S/C19H22ClN5O2.ClH/c1-26-15-7-3-13(4-8-15)17-23-18(21)25-19(24-17)22-11-2-12-27-16-9-5-14(20)6-10-16;/h3-10,17H,2,11-12H2,1H3,(H4,21,22,23,24,25);1H. The Kier molecular flexibility index (Phi) is 8.22. The predicted octanol–water partition coefficient (Wildman–Crippen LogP) is 3.10. The molecule has 0 aromatic heterocycles. The first-order valence-electron chi connectivity index (χ1n) is 8.57. The fraction of sp³-hybridized carbons (Fsp3) is 0.263. The SMILES string of the molecule is COc1ccc(C2N=C(N)NC(=NCCCOc3ccc(Cl)cc3)N2)cc1.Cl. The van der Waals surface area contributed by atoms with Gasteiger partial charge in [0.15, 0.2) is 18.1 Å². The first kappa shape index (κ1) is 21.7. The van der Waals surface area contributed by atoms with E-state index in [4.69, 9.17) is 26.8 Å². The van der Waals surface area contributed by atoms with Gasteiger partial charge in [0.05, 0.1) is 13.7 Å². The summed E-state index contributed by atoms with van der Waals surface area (Å²) in [5.74, 6) is 2.50. The maximum atomic E-state index is 5.89. The summed E-state index contributed by atoms with van der Waals surface area (Å²) in [7, 11) is 1.63. The van der Waals surface area contributed by atoms with Gasteiger partial charge in [-0.2, -0.15) is 0 Å². The minimum atomic E-state index is -0.291. The molecule has 0 spiro atoms. The summed E-state index contributed by atoms with van der Waals surface area (Å²) in [6.45, 7) is 1.15. The van der Waals surface area contributed by atoms with Crippen molar-refractivity contribution in [2.45, 2.75) is 12.6 Å². The van der Waals surface area contributed by atoms with Crippen molar-refractivity contribution in [2.75, 3.05) is 20.3 Å². The molecule has 1 heterocycles. The summed E-state index contributed by atoms with van der Waals surface area (Å²) >= 11 is 5.85. The van der Waals surface area contributed by atoms with Gasteiger partial charge >= 0.3 is 0 Å². The van der Waals surface area contributed by atoms with Crippen molar-refractivity contribution in [3.05, 3.63) is 59.1 Å². The number of hydrogen-bond acceptors (Lipinski definition) is 5. The molecule has 0 bridgehead atoms. The Labute approximate surface area is 175 Å². The Hall–Kier alpha value is -2.64. The molecule has 2 aromatic rings. The highest BCUT2D eigenvalue weighted by atomic mass is 35.5. The smallest absolute Gasteiger partial charge is 0.200 e. The highest BCUT2D eigenvalue weighted by Crippen LogP contribution is 2.19. The van der Waals surface area contributed by atoms with E-state index < -0.39 is 0 Å². The van der Waals surface area contributed by atoms with Gasteiger partial charge in [-0.3, -0.25) is 10.3 Å². The predicted molar refractivity (Wildman–Crippen MR) is 115 cm³/mol. The first-order chi connectivity index (χ1) is 13.1. The number of nitrogens with zero attached hydrogens (tertiary/aromatic N) is 2. The van der Waals surface area contributed by atoms with E-state index in [1.54, 1.807) is 19.2 Å². The first-order valence-corrected chi connectivity index (χ1v) is 8.95. The second kappa shape index (κ2) is 10.6. The van der Waals surface area contributed by atoms with E-state index in [-0.39, 0.29) is 18.6 Å². The van der Waals surface area contributed by atoms with Crippen LogP contribution in [0.2, 0.25) is 5.02 Å². The molecule has 2 aromatic carbocycles. The maximum Gasteiger partial charge on any atom is 0.200 e. The molecule has 7 nitrogen and oxygen atoms in total. The van der Waals surface area contributed by atoms with Crippen molar-refractivity contribution in [2.24, 2.45) is 15.7 Å². The van der Waals surface area contributed by atoms with Crippen LogP contribution in [0.5, 0.6) is 11.5 Å². The monoisotopic (exact) mass is 423 g/mol. The fourth-order valence-corrected chi connectivity index (χ4v) is 2.62. The van der Waals surface area contributed by atoms with E-state index in [1.807, 2.05) is 36.4 Å². The summed E-state index contributed by atoms with van der Waals surface area (Å²) in [6.07, 6.45) is 0.473. The van der Waals surface area contributed by atoms with Crippen LogP contribution in [0.4, 0.5) is 0 Å². The highest BCUT2D eigenvalue weighted by molar-refractivity contribution is 6.30. The lowest BCUT2D eigenvalue weighted by Crippen LogP contribution is -2.50. The van der Waals surface area contributed by atoms with Crippen LogP contribution < -0.4 is 25.8 Å². The molecule has 3 rings (SSSR count). The van der Waals surface area contributed by atoms with Crippen LogP contribution in [0.3, 0.4) is 0 Å². The zero-order valence-corrected chi connectivity index (χ0v) is 17.0. The molecule has 1 unspecified atom stereocenters. The summed E-state index contributed by atoms with van der Waals surface area (Å²) < 4.78 is 10.8. The Balaban J connectivity index is 0.00000280. The van der Waals surface area contributed by atoms with E-state index in [0.717, 1.165) is 23.5 Å². The summed E-state index contributed by atoms with van der Waals surface area (Å²) in [4.78, 5) is 8.86. The van der Waals surface area contributed by atoms with Crippen LogP contribution in [-0.2, 0) is 0 Å². The molecule has 1 aliphatic heterocycles. The molecule has 0 saturated heterocycles. The molecule has 0 saturated carbocycles. The molecule has 0 aliphatic carbocycles. The third kappa shape index (κ3) is 6.21. The van der Waals surface area contributed by atoms with Crippen LogP contribution in [0, 0.1) is 0 Å². The van der Waals surface area contributed by atoms with Crippen molar-refractivity contribution in [3.63, 3.8) is 0 Å². The van der Waals surface area contributed by atoms with E-state index in [9.17, 15) is 0 Å². The third-order valence-corrected chi connectivity index (χ3v) is 4.13. The molecule has 0 radical (unpaired) electrons. The van der Waals surface area contributed by atoms with Crippen molar-refractivity contribution in [1.29, 1.82) is 0 Å². The Bertz CT molecular complexity index is 810. The van der Waals surface area contributed by atoms with Crippen molar-refractivity contribution < 1.29 is 9.47 Å². The number of nitrogens with two attached hydrogens (primary N) is 1. The molecular weight excluding hydrogens is 401 g/mol. The molecular formula is C19H23Cl2N5O2. The van der Waals surface area contributed by atoms with Gasteiger partial charge < -0.3 is 20.5 Å². The van der Waals surface area contributed by atoms with Crippen LogP contribution >= 0.6 is 24.0 Å². The number of guanidine groups is 2. The Morgan fingerprint density at radius 3 is 2.46 bits per heavy atom. The number of nitrogens with one attached hydrogen (secondary N) is 2. The quantitative estimate of drug-likeness (QED) is 0.594. The molecule has 4 N–H and O–H groups in total. The van der Waals surface area contributed by atoms with E-state index >= 15 is 0 Å². The normalized spacial score (nSPS) is 17.0. The van der Waals surface area contributed by atoms with Gasteiger partial charge in [0, 0.05) is 18.0 Å². The van der Waals surface area contributed by atoms with Crippen LogP contribution in [0.15, 0.2) is 58.5 Å². The molecule has 1 aliphatic rings. The van der Waals surface area contributed by atoms with Crippen molar-refractivity contribution in [3.8, 4) is 11.5 Å². The Morgan fingerprint density at radius 2 is 1.79 bits per heavy atom. The van der Waals surface area contributed by atoms with Gasteiger partial charge in [-0.25, -0.2) is 4.99 Å². The Morgan fingerprint density at radius 1 is 1.11 bits per heavy atom. The fourth-order valence-electron chi connectivity index (χ4n) is 2.50. The number of aliphatic imine (C=N–C) groups is 2. The van der Waals surface area contributed by atoms with Crippen molar-refractivity contribution >= 4 is 35.9 Å². The van der Waals surface area contributed by atoms with Crippen LogP contribution in [0.25, 0.3) is 0 Å². The van der Waals surface area contributed by atoms with E-state index in [1.165, 1.54) is 0 Å². The molecule has 1 atom stereocenters. The lowest BCUT2D eigenvalue weighted by atomic mass is 10.1. The van der Waals surface area contributed by atoms with Crippen molar-refractivity contribution in [1.82, 2.24) is 10.6 Å². The topological polar surface area (TPSA) is 93.3 Å². The number of halogens is 2. The zero-order chi connectivity index (χ0) is 19.1. The molecule has 9 heteroatoms. The van der Waals surface area contributed by atoms with Crippen LogP contribution in [0.1, 0.15) is 18.2 Å². The van der Waals surface area contributed by atoms with Gasteiger partial charge in [0.2, 0.25) is 0 Å². The minimum absolute atomic E-state index is 0. The number of benzene rings is 2. The lowest BCUT2D eigenvalue weighted by molar-refractivity contribution is 0.313. The average molecular weight is 424 g/mol. The number of hydrogen-bond donors (Lipinski definition) is 3. The highest BCUT2D eigenvalue weighted by Gasteiger charge is 2.18. The minimum Gasteiger partial charge on any atom is -0.497 e. The molecule has 28 heavy (non-hydrogen) atoms. The lowest BCUT2D eigenvalue weighted by Gasteiger charge is -2.24. The van der Waals surface area contributed by atoms with Gasteiger partial charge in [0.1, 0.15) is 11.5 Å². The van der Waals surface area contributed by atoms with Gasteiger partial charge in [-0.05, 0) is 42.0 Å². The average Bonchev–Trinajstić information content (AvgIpc) is 2.69. The molecule has 0 fully saturated rings. The third-order valence-electron chi connectivity index (χ3n) is 3.87. The zero-order valence-electron chi connectivity index (χ0n) is 15.4. The number of rotatable bonds is 7. The van der Waals surface area contributed by atoms with E-state index in [2.05, 4.69) is 20.6 Å². The summed E-state index contributed by atoms with van der Waals surface area (Å²) in [5, 5.41) is 6.86.